The van der Waals surface area contributed by atoms with Gasteiger partial charge in [-0.25, -0.2) is 4.79 Å². The van der Waals surface area contributed by atoms with Crippen molar-refractivity contribution in [1.82, 2.24) is 9.80 Å². The number of hydrogen-bond donors (Lipinski definition) is 1. The summed E-state index contributed by atoms with van der Waals surface area (Å²) in [6.45, 7) is 4.10. The summed E-state index contributed by atoms with van der Waals surface area (Å²) in [4.78, 5) is 25.2. The van der Waals surface area contributed by atoms with Crippen LogP contribution in [-0.4, -0.2) is 66.8 Å². The first kappa shape index (κ1) is 14.7. The molecule has 0 aliphatic heterocycles. The van der Waals surface area contributed by atoms with Crippen LogP contribution in [0.2, 0.25) is 0 Å². The van der Waals surface area contributed by atoms with Crippen LogP contribution in [0.1, 0.15) is 13.8 Å². The van der Waals surface area contributed by atoms with E-state index in [-0.39, 0.29) is 18.6 Å². The number of methoxy groups -OCH3 is 1. The second-order valence-corrected chi connectivity index (χ2v) is 3.61. The average molecular weight is 232 g/mol. The third-order valence-corrected chi connectivity index (χ3v) is 2.35. The number of ether oxygens (including phenoxy) is 1. The minimum Gasteiger partial charge on any atom is -0.480 e. The third kappa shape index (κ3) is 4.48. The highest BCUT2D eigenvalue weighted by Gasteiger charge is 2.22. The van der Waals surface area contributed by atoms with Crippen LogP contribution in [0.25, 0.3) is 0 Å². The largest absolute Gasteiger partial charge is 0.480 e. The van der Waals surface area contributed by atoms with Gasteiger partial charge in [-0.2, -0.15) is 0 Å². The first-order valence-electron chi connectivity index (χ1n) is 5.16. The Balaban J connectivity index is 4.43. The molecule has 0 spiro atoms. The molecule has 0 radical (unpaired) electrons. The number of carboxylic acids is 1. The second kappa shape index (κ2) is 7.05. The van der Waals surface area contributed by atoms with Gasteiger partial charge in [0.05, 0.1) is 12.6 Å². The van der Waals surface area contributed by atoms with E-state index in [4.69, 9.17) is 9.84 Å². The minimum absolute atomic E-state index is 0.0830. The molecule has 2 amide bonds. The van der Waals surface area contributed by atoms with E-state index in [1.807, 2.05) is 6.92 Å². The van der Waals surface area contributed by atoms with Crippen LogP contribution in [0, 0.1) is 0 Å². The predicted octanol–water partition coefficient (Wildman–Crippen LogP) is 0.480. The summed E-state index contributed by atoms with van der Waals surface area (Å²) in [6, 6.07) is -0.380. The van der Waals surface area contributed by atoms with E-state index in [0.29, 0.717) is 13.2 Å². The fourth-order valence-corrected chi connectivity index (χ4v) is 1.24. The number of likely N-dealkylation sites (N-methyl/N-ethyl adjacent to an activating group) is 2. The van der Waals surface area contributed by atoms with Crippen LogP contribution in [0.5, 0.6) is 0 Å². The summed E-state index contributed by atoms with van der Waals surface area (Å²) >= 11 is 0. The van der Waals surface area contributed by atoms with E-state index in [1.54, 1.807) is 21.1 Å². The monoisotopic (exact) mass is 232 g/mol. The van der Waals surface area contributed by atoms with Gasteiger partial charge < -0.3 is 19.6 Å². The molecule has 0 aliphatic carbocycles. The molecule has 6 nitrogen and oxygen atoms in total. The molecule has 1 atom stereocenters. The molecule has 0 fully saturated rings. The molecule has 1 N–H and O–H groups in total. The summed E-state index contributed by atoms with van der Waals surface area (Å²) in [5.41, 5.74) is 0. The van der Waals surface area contributed by atoms with Gasteiger partial charge in [0, 0.05) is 20.7 Å². The maximum atomic E-state index is 11.9. The van der Waals surface area contributed by atoms with Crippen molar-refractivity contribution in [2.24, 2.45) is 0 Å². The van der Waals surface area contributed by atoms with Gasteiger partial charge in [0.15, 0.2) is 0 Å². The molecular formula is C10H20N2O4. The zero-order valence-corrected chi connectivity index (χ0v) is 10.3. The SMILES string of the molecule is CCN(CC(=O)O)C(=O)N(C)C(C)COC. The van der Waals surface area contributed by atoms with E-state index >= 15 is 0 Å². The molecule has 0 saturated carbocycles. The second-order valence-electron chi connectivity index (χ2n) is 3.61. The molecule has 16 heavy (non-hydrogen) atoms. The van der Waals surface area contributed by atoms with Gasteiger partial charge in [0.1, 0.15) is 6.54 Å². The molecule has 94 valence electrons. The lowest BCUT2D eigenvalue weighted by atomic mass is 10.3. The lowest BCUT2D eigenvalue weighted by Crippen LogP contribution is -2.48. The van der Waals surface area contributed by atoms with E-state index in [9.17, 15) is 9.59 Å². The Hall–Kier alpha value is -1.30. The van der Waals surface area contributed by atoms with Crippen molar-refractivity contribution in [3.05, 3.63) is 0 Å². The van der Waals surface area contributed by atoms with Gasteiger partial charge in [0.2, 0.25) is 0 Å². The van der Waals surface area contributed by atoms with Crippen LogP contribution < -0.4 is 0 Å². The molecule has 0 aromatic rings. The minimum atomic E-state index is -1.01. The van der Waals surface area contributed by atoms with E-state index in [2.05, 4.69) is 0 Å². The summed E-state index contributed by atoms with van der Waals surface area (Å²) in [7, 11) is 3.19. The number of carboxylic acid groups (broad SMARTS) is 1. The highest BCUT2D eigenvalue weighted by Crippen LogP contribution is 2.02. The quantitative estimate of drug-likeness (QED) is 0.723. The van der Waals surface area contributed by atoms with E-state index in [0.717, 1.165) is 0 Å². The number of hydrogen-bond acceptors (Lipinski definition) is 3. The van der Waals surface area contributed by atoms with Crippen molar-refractivity contribution >= 4 is 12.0 Å². The number of carbonyl (C=O) groups excluding carboxylic acids is 1. The summed E-state index contributed by atoms with van der Waals surface area (Å²) in [5.74, 6) is -1.01. The zero-order chi connectivity index (χ0) is 12.7. The first-order chi connectivity index (χ1) is 7.43. The molecule has 0 aromatic heterocycles. The van der Waals surface area contributed by atoms with Crippen molar-refractivity contribution < 1.29 is 19.4 Å². The average Bonchev–Trinajstić information content (AvgIpc) is 2.23. The predicted molar refractivity (Wildman–Crippen MR) is 59.4 cm³/mol. The standard InChI is InChI=1S/C10H20N2O4/c1-5-12(6-9(13)14)10(15)11(3)8(2)7-16-4/h8H,5-7H2,1-4H3,(H,13,14). The number of aliphatic carboxylic acids is 1. The van der Waals surface area contributed by atoms with Gasteiger partial charge in [-0.15, -0.1) is 0 Å². The van der Waals surface area contributed by atoms with Crippen molar-refractivity contribution in [3.63, 3.8) is 0 Å². The van der Waals surface area contributed by atoms with Crippen LogP contribution in [0.4, 0.5) is 4.79 Å². The van der Waals surface area contributed by atoms with Gasteiger partial charge >= 0.3 is 12.0 Å². The fraction of sp³-hybridized carbons (Fsp3) is 0.800. The van der Waals surface area contributed by atoms with Crippen LogP contribution in [-0.2, 0) is 9.53 Å². The van der Waals surface area contributed by atoms with Gasteiger partial charge in [0.25, 0.3) is 0 Å². The molecule has 1 unspecified atom stereocenters. The summed E-state index contributed by atoms with van der Waals surface area (Å²) in [5, 5.41) is 8.65. The fourth-order valence-electron chi connectivity index (χ4n) is 1.24. The van der Waals surface area contributed by atoms with Gasteiger partial charge in [-0.1, -0.05) is 0 Å². The van der Waals surface area contributed by atoms with Crippen molar-refractivity contribution in [3.8, 4) is 0 Å². The van der Waals surface area contributed by atoms with Crippen LogP contribution >= 0.6 is 0 Å². The van der Waals surface area contributed by atoms with E-state index < -0.39 is 5.97 Å². The smallest absolute Gasteiger partial charge is 0.323 e. The Morgan fingerprint density at radius 3 is 2.38 bits per heavy atom. The van der Waals surface area contributed by atoms with Crippen molar-refractivity contribution in [2.45, 2.75) is 19.9 Å². The molecular weight excluding hydrogens is 212 g/mol. The number of nitrogens with zero attached hydrogens (tertiary/aromatic N) is 2. The van der Waals surface area contributed by atoms with Crippen LogP contribution in [0.15, 0.2) is 0 Å². The molecule has 0 saturated heterocycles. The molecule has 0 aliphatic rings. The first-order valence-corrected chi connectivity index (χ1v) is 5.16. The van der Waals surface area contributed by atoms with Crippen LogP contribution in [0.3, 0.4) is 0 Å². The van der Waals surface area contributed by atoms with Gasteiger partial charge in [-0.05, 0) is 13.8 Å². The number of urea groups is 1. The summed E-state index contributed by atoms with van der Waals surface area (Å²) in [6.07, 6.45) is 0. The highest BCUT2D eigenvalue weighted by molar-refractivity contribution is 5.80. The topological polar surface area (TPSA) is 70.1 Å². The Kier molecular flexibility index (Phi) is 6.48. The molecule has 0 bridgehead atoms. The Bertz CT molecular complexity index is 245. The van der Waals surface area contributed by atoms with E-state index in [1.165, 1.54) is 9.80 Å². The third-order valence-electron chi connectivity index (χ3n) is 2.35. The molecule has 0 aromatic carbocycles. The lowest BCUT2D eigenvalue weighted by molar-refractivity contribution is -0.137. The molecule has 6 heteroatoms. The summed E-state index contributed by atoms with van der Waals surface area (Å²) < 4.78 is 4.94. The highest BCUT2D eigenvalue weighted by atomic mass is 16.5. The van der Waals surface area contributed by atoms with Crippen molar-refractivity contribution in [1.29, 1.82) is 0 Å². The van der Waals surface area contributed by atoms with Gasteiger partial charge in [-0.3, -0.25) is 4.79 Å². The zero-order valence-electron chi connectivity index (χ0n) is 10.3. The maximum absolute atomic E-state index is 11.9. The molecule has 0 rings (SSSR count). The Labute approximate surface area is 95.8 Å². The molecule has 0 heterocycles. The van der Waals surface area contributed by atoms with Crippen molar-refractivity contribution in [2.75, 3.05) is 33.9 Å². The lowest BCUT2D eigenvalue weighted by Gasteiger charge is -2.30. The Morgan fingerprint density at radius 1 is 1.44 bits per heavy atom. The maximum Gasteiger partial charge on any atom is 0.323 e. The number of rotatable bonds is 6. The Morgan fingerprint density at radius 2 is 2.00 bits per heavy atom. The number of carbonyl (C=O) groups is 2. The normalized spacial score (nSPS) is 12.0. The number of amides is 2.